The molecule has 3 aromatic heterocycles. The molecule has 0 aliphatic carbocycles. The lowest BCUT2D eigenvalue weighted by atomic mass is 10.2. The number of hydrogen-bond acceptors (Lipinski definition) is 6. The predicted molar refractivity (Wildman–Crippen MR) is 91.5 cm³/mol. The van der Waals surface area contributed by atoms with Crippen molar-refractivity contribution in [3.8, 4) is 0 Å². The van der Waals surface area contributed by atoms with E-state index in [1.54, 1.807) is 17.1 Å². The second-order valence-electron chi connectivity index (χ2n) is 5.70. The highest BCUT2D eigenvalue weighted by Crippen LogP contribution is 2.12. The molecule has 11 heteroatoms. The van der Waals surface area contributed by atoms with Crippen molar-refractivity contribution >= 4 is 17.3 Å². The zero-order chi connectivity index (χ0) is 18.7. The topological polar surface area (TPSA) is 126 Å². The minimum atomic E-state index is -0.561. The van der Waals surface area contributed by atoms with Crippen LogP contribution in [0, 0.1) is 17.0 Å². The van der Waals surface area contributed by atoms with Crippen LogP contribution < -0.4 is 5.32 Å². The van der Waals surface area contributed by atoms with Crippen LogP contribution >= 0.6 is 0 Å². The van der Waals surface area contributed by atoms with Gasteiger partial charge in [-0.25, -0.2) is 0 Å². The molecule has 0 fully saturated rings. The van der Waals surface area contributed by atoms with Gasteiger partial charge in [0, 0.05) is 24.0 Å². The van der Waals surface area contributed by atoms with Gasteiger partial charge in [0.05, 0.1) is 29.5 Å². The molecule has 0 aromatic carbocycles. The lowest BCUT2D eigenvalue weighted by Gasteiger charge is -2.03. The van der Waals surface area contributed by atoms with Crippen LogP contribution in [0.4, 0.5) is 11.4 Å². The van der Waals surface area contributed by atoms with E-state index in [1.807, 2.05) is 24.7 Å². The minimum Gasteiger partial charge on any atom is -0.322 e. The molecule has 0 saturated heterocycles. The first-order valence-corrected chi connectivity index (χ1v) is 7.96. The van der Waals surface area contributed by atoms with E-state index in [1.165, 1.54) is 10.9 Å². The molecule has 11 nitrogen and oxygen atoms in total. The summed E-state index contributed by atoms with van der Waals surface area (Å²) in [5.74, 6) is -0.350. The van der Waals surface area contributed by atoms with E-state index in [0.717, 1.165) is 24.0 Å². The van der Waals surface area contributed by atoms with E-state index in [-0.39, 0.29) is 18.1 Å². The van der Waals surface area contributed by atoms with E-state index in [0.29, 0.717) is 12.2 Å². The summed E-state index contributed by atoms with van der Waals surface area (Å²) in [7, 11) is 0. The van der Waals surface area contributed by atoms with Crippen LogP contribution in [0.2, 0.25) is 0 Å². The standard InChI is InChI=1S/C15H18N8O3/c1-3-22-11(2)12(4-18-22)7-20-8-13(5-16-20)19-15(24)10-21-9-14(6-17-21)23(25)26/h4-6,8-9H,3,7,10H2,1-2H3,(H,19,24). The molecule has 3 heterocycles. The number of carbonyl (C=O) groups excluding carboxylic acids is 1. The molecular formula is C15H18N8O3. The second kappa shape index (κ2) is 7.17. The summed E-state index contributed by atoms with van der Waals surface area (Å²) < 4.78 is 4.82. The summed E-state index contributed by atoms with van der Waals surface area (Å²) in [6, 6.07) is 0. The third-order valence-corrected chi connectivity index (χ3v) is 3.89. The van der Waals surface area contributed by atoms with Crippen LogP contribution in [-0.4, -0.2) is 40.2 Å². The second-order valence-corrected chi connectivity index (χ2v) is 5.70. The maximum atomic E-state index is 12.0. The number of carbonyl (C=O) groups is 1. The maximum absolute atomic E-state index is 12.0. The molecule has 0 spiro atoms. The Balaban J connectivity index is 1.59. The quantitative estimate of drug-likeness (QED) is 0.499. The van der Waals surface area contributed by atoms with E-state index in [4.69, 9.17) is 0 Å². The van der Waals surface area contributed by atoms with Crippen molar-refractivity contribution in [3.63, 3.8) is 0 Å². The SMILES string of the molecule is CCn1ncc(Cn2cc(NC(=O)Cn3cc([N+](=O)[O-])cn3)cn2)c1C. The molecule has 0 radical (unpaired) electrons. The van der Waals surface area contributed by atoms with Crippen molar-refractivity contribution < 1.29 is 9.72 Å². The van der Waals surface area contributed by atoms with Crippen molar-refractivity contribution in [3.05, 3.63) is 52.4 Å². The van der Waals surface area contributed by atoms with Gasteiger partial charge in [0.15, 0.2) is 0 Å². The summed E-state index contributed by atoms with van der Waals surface area (Å²) in [6.07, 6.45) is 7.37. The average Bonchev–Trinajstić information content (AvgIpc) is 3.30. The molecule has 3 rings (SSSR count). The fourth-order valence-corrected chi connectivity index (χ4v) is 2.53. The normalized spacial score (nSPS) is 10.8. The van der Waals surface area contributed by atoms with Crippen molar-refractivity contribution in [1.29, 1.82) is 0 Å². The Morgan fingerprint density at radius 2 is 1.96 bits per heavy atom. The van der Waals surface area contributed by atoms with Crippen LogP contribution in [0.1, 0.15) is 18.2 Å². The molecule has 0 atom stereocenters. The first-order valence-electron chi connectivity index (χ1n) is 7.96. The predicted octanol–water partition coefficient (Wildman–Crippen LogP) is 1.20. The summed E-state index contributed by atoms with van der Waals surface area (Å²) in [5.41, 5.74) is 2.51. The third-order valence-electron chi connectivity index (χ3n) is 3.89. The van der Waals surface area contributed by atoms with Gasteiger partial charge in [0.2, 0.25) is 5.91 Å². The van der Waals surface area contributed by atoms with Gasteiger partial charge in [0.25, 0.3) is 0 Å². The molecule has 1 N–H and O–H groups in total. The monoisotopic (exact) mass is 358 g/mol. The van der Waals surface area contributed by atoms with Gasteiger partial charge in [-0.05, 0) is 13.8 Å². The van der Waals surface area contributed by atoms with Gasteiger partial charge >= 0.3 is 5.69 Å². The Morgan fingerprint density at radius 1 is 1.19 bits per heavy atom. The van der Waals surface area contributed by atoms with Crippen molar-refractivity contribution in [2.24, 2.45) is 0 Å². The summed E-state index contributed by atoms with van der Waals surface area (Å²) in [4.78, 5) is 22.1. The van der Waals surface area contributed by atoms with Gasteiger partial charge in [-0.2, -0.15) is 15.3 Å². The smallest absolute Gasteiger partial charge is 0.307 e. The van der Waals surface area contributed by atoms with Crippen LogP contribution in [0.15, 0.2) is 31.0 Å². The van der Waals surface area contributed by atoms with E-state index < -0.39 is 4.92 Å². The van der Waals surface area contributed by atoms with Crippen molar-refractivity contribution in [1.82, 2.24) is 29.3 Å². The lowest BCUT2D eigenvalue weighted by molar-refractivity contribution is -0.385. The molecule has 0 bridgehead atoms. The Bertz CT molecular complexity index is 938. The molecule has 26 heavy (non-hydrogen) atoms. The molecular weight excluding hydrogens is 340 g/mol. The van der Waals surface area contributed by atoms with E-state index in [9.17, 15) is 14.9 Å². The summed E-state index contributed by atoms with van der Waals surface area (Å²) in [5, 5.41) is 25.6. The van der Waals surface area contributed by atoms with Gasteiger partial charge in [-0.1, -0.05) is 0 Å². The number of nitro groups is 1. The molecule has 0 saturated carbocycles. The largest absolute Gasteiger partial charge is 0.322 e. The molecule has 1 amide bonds. The van der Waals surface area contributed by atoms with Gasteiger partial charge < -0.3 is 5.32 Å². The van der Waals surface area contributed by atoms with Crippen LogP contribution in [0.25, 0.3) is 0 Å². The Kier molecular flexibility index (Phi) is 4.78. The molecule has 0 aliphatic rings. The molecule has 0 aliphatic heterocycles. The number of nitrogens with zero attached hydrogens (tertiary/aromatic N) is 7. The maximum Gasteiger partial charge on any atom is 0.307 e. The third kappa shape index (κ3) is 3.77. The van der Waals surface area contributed by atoms with Gasteiger partial charge in [-0.15, -0.1) is 0 Å². The zero-order valence-electron chi connectivity index (χ0n) is 14.4. The highest BCUT2D eigenvalue weighted by atomic mass is 16.6. The van der Waals surface area contributed by atoms with Crippen LogP contribution in [0.3, 0.4) is 0 Å². The Morgan fingerprint density at radius 3 is 2.62 bits per heavy atom. The highest BCUT2D eigenvalue weighted by molar-refractivity contribution is 5.90. The molecule has 136 valence electrons. The fraction of sp³-hybridized carbons (Fsp3) is 0.333. The Labute approximate surface area is 148 Å². The highest BCUT2D eigenvalue weighted by Gasteiger charge is 2.12. The number of hydrogen-bond donors (Lipinski definition) is 1. The van der Waals surface area contributed by atoms with Crippen LogP contribution in [0.5, 0.6) is 0 Å². The van der Waals surface area contributed by atoms with Gasteiger partial charge in [0.1, 0.15) is 18.9 Å². The summed E-state index contributed by atoms with van der Waals surface area (Å²) in [6.45, 7) is 5.26. The first kappa shape index (κ1) is 17.3. The number of nitrogens with one attached hydrogen (secondary N) is 1. The number of anilines is 1. The van der Waals surface area contributed by atoms with Gasteiger partial charge in [-0.3, -0.25) is 29.0 Å². The molecule has 3 aromatic rings. The van der Waals surface area contributed by atoms with E-state index in [2.05, 4.69) is 20.6 Å². The van der Waals surface area contributed by atoms with Crippen LogP contribution in [-0.2, 0) is 24.4 Å². The average molecular weight is 358 g/mol. The number of aryl methyl sites for hydroxylation is 1. The van der Waals surface area contributed by atoms with Crippen molar-refractivity contribution in [2.75, 3.05) is 5.32 Å². The summed E-state index contributed by atoms with van der Waals surface area (Å²) >= 11 is 0. The van der Waals surface area contributed by atoms with Crippen molar-refractivity contribution in [2.45, 2.75) is 33.5 Å². The van der Waals surface area contributed by atoms with E-state index >= 15 is 0 Å². The lowest BCUT2D eigenvalue weighted by Crippen LogP contribution is -2.18. The Hall–Kier alpha value is -3.50. The number of aromatic nitrogens is 6. The zero-order valence-corrected chi connectivity index (χ0v) is 14.4. The fourth-order valence-electron chi connectivity index (χ4n) is 2.53. The number of amides is 1. The minimum absolute atomic E-state index is 0.124. The number of rotatable bonds is 7. The first-order chi connectivity index (χ1) is 12.5. The molecule has 0 unspecified atom stereocenters.